The zero-order valence-corrected chi connectivity index (χ0v) is 16.9. The van der Waals surface area contributed by atoms with E-state index < -0.39 is 11.0 Å². The van der Waals surface area contributed by atoms with Gasteiger partial charge in [-0.1, -0.05) is 50.4 Å². The lowest BCUT2D eigenvalue weighted by Gasteiger charge is -2.51. The number of carbonyl (C=O) groups excluding carboxylic acids is 1. The lowest BCUT2D eigenvalue weighted by Crippen LogP contribution is -2.59. The number of rotatable bonds is 3. The van der Waals surface area contributed by atoms with Gasteiger partial charge < -0.3 is 15.3 Å². The van der Waals surface area contributed by atoms with Crippen molar-refractivity contribution in [3.05, 3.63) is 34.9 Å². The van der Waals surface area contributed by atoms with Crippen LogP contribution in [-0.4, -0.2) is 42.1 Å². The van der Waals surface area contributed by atoms with Gasteiger partial charge in [0.15, 0.2) is 0 Å². The number of nitrogens with zero attached hydrogens (tertiary/aromatic N) is 1. The molecule has 2 unspecified atom stereocenters. The van der Waals surface area contributed by atoms with E-state index in [0.717, 1.165) is 24.8 Å². The van der Waals surface area contributed by atoms with Gasteiger partial charge in [0, 0.05) is 29.6 Å². The number of hydrogen-bond acceptors (Lipinski definition) is 3. The fraction of sp³-hybridized carbons (Fsp3) is 0.667. The molecular weight excluding hydrogens is 348 g/mol. The van der Waals surface area contributed by atoms with Crippen molar-refractivity contribution >= 4 is 17.5 Å². The molecule has 144 valence electrons. The quantitative estimate of drug-likeness (QED) is 0.845. The Labute approximate surface area is 161 Å². The van der Waals surface area contributed by atoms with Crippen LogP contribution < -0.4 is 5.32 Å². The molecule has 3 atom stereocenters. The summed E-state index contributed by atoms with van der Waals surface area (Å²) >= 11 is 6.00. The molecule has 0 spiro atoms. The highest BCUT2D eigenvalue weighted by Crippen LogP contribution is 2.46. The SMILES string of the molecule is CNC1CCCCC1C(=O)N1CC[C@](O)(c2ccc(Cl)cc2)C(C)(C)C1. The van der Waals surface area contributed by atoms with Crippen LogP contribution in [0.1, 0.15) is 51.5 Å². The summed E-state index contributed by atoms with van der Waals surface area (Å²) in [6.45, 7) is 5.27. The Morgan fingerprint density at radius 3 is 2.50 bits per heavy atom. The van der Waals surface area contributed by atoms with Crippen LogP contribution in [0.2, 0.25) is 5.02 Å². The molecule has 0 radical (unpaired) electrons. The van der Waals surface area contributed by atoms with Crippen molar-refractivity contribution in [3.8, 4) is 0 Å². The van der Waals surface area contributed by atoms with Gasteiger partial charge >= 0.3 is 0 Å². The third-order valence-electron chi connectivity index (χ3n) is 6.54. The normalized spacial score (nSPS) is 31.7. The maximum Gasteiger partial charge on any atom is 0.227 e. The van der Waals surface area contributed by atoms with Crippen LogP contribution in [0.4, 0.5) is 0 Å². The molecule has 1 aliphatic heterocycles. The first-order valence-electron chi connectivity index (χ1n) is 9.73. The number of nitrogens with one attached hydrogen (secondary N) is 1. The number of hydrogen-bond donors (Lipinski definition) is 2. The Bertz CT molecular complexity index is 646. The molecule has 2 N–H and O–H groups in total. The first kappa shape index (κ1) is 19.7. The van der Waals surface area contributed by atoms with E-state index in [4.69, 9.17) is 11.6 Å². The second kappa shape index (κ2) is 7.49. The molecule has 1 saturated carbocycles. The van der Waals surface area contributed by atoms with Gasteiger partial charge in [-0.2, -0.15) is 0 Å². The van der Waals surface area contributed by atoms with Crippen LogP contribution in [0.5, 0.6) is 0 Å². The zero-order valence-electron chi connectivity index (χ0n) is 16.1. The van der Waals surface area contributed by atoms with Crippen molar-refractivity contribution in [2.75, 3.05) is 20.1 Å². The molecule has 0 bridgehead atoms. The van der Waals surface area contributed by atoms with Crippen LogP contribution in [0, 0.1) is 11.3 Å². The van der Waals surface area contributed by atoms with E-state index in [0.29, 0.717) is 24.5 Å². The van der Waals surface area contributed by atoms with E-state index in [1.165, 1.54) is 6.42 Å². The van der Waals surface area contributed by atoms with Crippen LogP contribution in [-0.2, 0) is 10.4 Å². The molecule has 3 rings (SSSR count). The minimum Gasteiger partial charge on any atom is -0.384 e. The molecule has 2 fully saturated rings. The fourth-order valence-corrected chi connectivity index (χ4v) is 4.90. The van der Waals surface area contributed by atoms with Crippen LogP contribution >= 0.6 is 11.6 Å². The molecule has 1 heterocycles. The van der Waals surface area contributed by atoms with Crippen molar-refractivity contribution in [1.29, 1.82) is 0 Å². The summed E-state index contributed by atoms with van der Waals surface area (Å²) in [7, 11) is 1.95. The Hall–Kier alpha value is -1.10. The zero-order chi connectivity index (χ0) is 18.9. The smallest absolute Gasteiger partial charge is 0.227 e. The molecule has 1 aromatic rings. The van der Waals surface area contributed by atoms with Crippen molar-refractivity contribution < 1.29 is 9.90 Å². The number of benzene rings is 1. The molecule has 0 aromatic heterocycles. The lowest BCUT2D eigenvalue weighted by atomic mass is 9.66. The highest BCUT2D eigenvalue weighted by molar-refractivity contribution is 6.30. The molecule has 1 amide bonds. The first-order chi connectivity index (χ1) is 12.3. The maximum absolute atomic E-state index is 13.2. The van der Waals surface area contributed by atoms with E-state index in [-0.39, 0.29) is 17.9 Å². The molecule has 2 aliphatic rings. The van der Waals surface area contributed by atoms with Gasteiger partial charge in [-0.3, -0.25) is 4.79 Å². The van der Waals surface area contributed by atoms with Crippen molar-refractivity contribution in [1.82, 2.24) is 10.2 Å². The predicted octanol–water partition coefficient (Wildman–Crippen LogP) is 3.56. The summed E-state index contributed by atoms with van der Waals surface area (Å²) in [5.74, 6) is 0.307. The number of halogens is 1. The molecule has 26 heavy (non-hydrogen) atoms. The number of amides is 1. The predicted molar refractivity (Wildman–Crippen MR) is 105 cm³/mol. The van der Waals surface area contributed by atoms with Crippen LogP contribution in [0.15, 0.2) is 24.3 Å². The second-order valence-corrected chi connectivity index (χ2v) is 8.98. The first-order valence-corrected chi connectivity index (χ1v) is 10.1. The van der Waals surface area contributed by atoms with Crippen molar-refractivity contribution in [2.45, 2.75) is 57.6 Å². The molecule has 1 aromatic carbocycles. The largest absolute Gasteiger partial charge is 0.384 e. The van der Waals surface area contributed by atoms with Gasteiger partial charge in [-0.05, 0) is 44.0 Å². The average molecular weight is 379 g/mol. The minimum absolute atomic E-state index is 0.0614. The second-order valence-electron chi connectivity index (χ2n) is 8.55. The molecule has 5 heteroatoms. The fourth-order valence-electron chi connectivity index (χ4n) is 4.78. The highest BCUT2D eigenvalue weighted by Gasteiger charge is 2.50. The summed E-state index contributed by atoms with van der Waals surface area (Å²) in [5.41, 5.74) is -0.508. The van der Waals surface area contributed by atoms with E-state index in [1.807, 2.05) is 36.2 Å². The Kier molecular flexibility index (Phi) is 5.66. The summed E-state index contributed by atoms with van der Waals surface area (Å²) in [6, 6.07) is 7.72. The lowest BCUT2D eigenvalue weighted by molar-refractivity contribution is -0.158. The maximum atomic E-state index is 13.2. The van der Waals surface area contributed by atoms with Gasteiger partial charge in [-0.15, -0.1) is 0 Å². The minimum atomic E-state index is -0.955. The molecular formula is C21H31ClN2O2. The van der Waals surface area contributed by atoms with E-state index in [2.05, 4.69) is 19.2 Å². The Balaban J connectivity index is 1.77. The third-order valence-corrected chi connectivity index (χ3v) is 6.79. The van der Waals surface area contributed by atoms with Gasteiger partial charge in [0.05, 0.1) is 11.5 Å². The summed E-state index contributed by atoms with van der Waals surface area (Å²) in [5, 5.41) is 15.5. The summed E-state index contributed by atoms with van der Waals surface area (Å²) < 4.78 is 0. The van der Waals surface area contributed by atoms with Gasteiger partial charge in [0.1, 0.15) is 0 Å². The summed E-state index contributed by atoms with van der Waals surface area (Å²) in [4.78, 5) is 15.2. The molecule has 1 aliphatic carbocycles. The molecule has 4 nitrogen and oxygen atoms in total. The Morgan fingerprint density at radius 1 is 1.23 bits per heavy atom. The van der Waals surface area contributed by atoms with Crippen LogP contribution in [0.3, 0.4) is 0 Å². The topological polar surface area (TPSA) is 52.6 Å². The Morgan fingerprint density at radius 2 is 1.88 bits per heavy atom. The van der Waals surface area contributed by atoms with E-state index in [9.17, 15) is 9.90 Å². The van der Waals surface area contributed by atoms with E-state index >= 15 is 0 Å². The number of piperidine rings is 1. The number of aliphatic hydroxyl groups is 1. The van der Waals surface area contributed by atoms with Gasteiger partial charge in [0.2, 0.25) is 5.91 Å². The monoisotopic (exact) mass is 378 g/mol. The van der Waals surface area contributed by atoms with Crippen molar-refractivity contribution in [2.24, 2.45) is 11.3 Å². The molecule has 1 saturated heterocycles. The van der Waals surface area contributed by atoms with Crippen LogP contribution in [0.25, 0.3) is 0 Å². The third kappa shape index (κ3) is 3.51. The van der Waals surface area contributed by atoms with E-state index in [1.54, 1.807) is 0 Å². The number of likely N-dealkylation sites (tertiary alicyclic amines) is 1. The van der Waals surface area contributed by atoms with Crippen molar-refractivity contribution in [3.63, 3.8) is 0 Å². The van der Waals surface area contributed by atoms with Gasteiger partial charge in [-0.25, -0.2) is 0 Å². The number of carbonyl (C=O) groups is 1. The highest BCUT2D eigenvalue weighted by atomic mass is 35.5. The summed E-state index contributed by atoms with van der Waals surface area (Å²) in [6.07, 6.45) is 4.89. The average Bonchev–Trinajstić information content (AvgIpc) is 2.63. The standard InChI is InChI=1S/C21H31ClN2O2/c1-20(2)14-24(19(25)17-6-4-5-7-18(17)23-3)13-12-21(20,26)15-8-10-16(22)11-9-15/h8-11,17-18,23,26H,4-7,12-14H2,1-3H3/t17?,18?,21-/m0/s1. The van der Waals surface area contributed by atoms with Gasteiger partial charge in [0.25, 0.3) is 0 Å².